The van der Waals surface area contributed by atoms with Crippen molar-refractivity contribution in [3.8, 4) is 0 Å². The first kappa shape index (κ1) is 15.4. The Morgan fingerprint density at radius 1 is 1.06 bits per heavy atom. The van der Waals surface area contributed by atoms with Crippen LogP contribution in [-0.2, 0) is 18.1 Å². The van der Waals surface area contributed by atoms with Crippen LogP contribution in [0.4, 0.5) is 5.69 Å². The Morgan fingerprint density at radius 2 is 1.56 bits per heavy atom. The maximum Gasteiger partial charge on any atom is 0.290 e. The Balaban J connectivity index is 3.86. The lowest BCUT2D eigenvalue weighted by molar-refractivity contribution is -0.385. The topological polar surface area (TPSA) is 111 Å². The molecule has 0 radical (unpaired) electrons. The Hall–Kier alpha value is -0.610. The standard InChI is InChI=1S/C6H2Cl3NO6S2/c7-6-4(10(11)12)1-3(17(8,13)14)2-5(6)18(9,15)16/h1-2H. The first-order chi connectivity index (χ1) is 7.94. The molecule has 0 saturated heterocycles. The van der Waals surface area contributed by atoms with E-state index in [2.05, 4.69) is 0 Å². The normalized spacial score (nSPS) is 12.4. The van der Waals surface area contributed by atoms with Crippen molar-refractivity contribution in [3.05, 3.63) is 27.3 Å². The molecule has 0 fully saturated rings. The van der Waals surface area contributed by atoms with Crippen molar-refractivity contribution in [1.29, 1.82) is 0 Å². The van der Waals surface area contributed by atoms with Crippen LogP contribution < -0.4 is 0 Å². The molecule has 0 spiro atoms. The first-order valence-corrected chi connectivity index (χ1v) is 8.81. The zero-order valence-electron chi connectivity index (χ0n) is 8.00. The third-order valence-electron chi connectivity index (χ3n) is 1.73. The van der Waals surface area contributed by atoms with E-state index in [0.717, 1.165) is 0 Å². The average Bonchev–Trinajstić information content (AvgIpc) is 2.13. The van der Waals surface area contributed by atoms with Crippen molar-refractivity contribution in [1.82, 2.24) is 0 Å². The first-order valence-electron chi connectivity index (χ1n) is 3.82. The molecule has 0 aliphatic carbocycles. The second-order valence-electron chi connectivity index (χ2n) is 2.89. The van der Waals surface area contributed by atoms with Crippen LogP contribution in [0.15, 0.2) is 21.9 Å². The van der Waals surface area contributed by atoms with E-state index >= 15 is 0 Å². The highest BCUT2D eigenvalue weighted by Crippen LogP contribution is 2.36. The van der Waals surface area contributed by atoms with Gasteiger partial charge in [-0.25, -0.2) is 16.8 Å². The number of rotatable bonds is 3. The minimum Gasteiger partial charge on any atom is -0.258 e. The molecule has 0 unspecified atom stereocenters. The van der Waals surface area contributed by atoms with Crippen LogP contribution in [0.2, 0.25) is 5.02 Å². The highest BCUT2D eigenvalue weighted by molar-refractivity contribution is 8.14. The third kappa shape index (κ3) is 3.23. The number of hydrogen-bond donors (Lipinski definition) is 0. The Bertz CT molecular complexity index is 726. The van der Waals surface area contributed by atoms with Gasteiger partial charge in [-0.3, -0.25) is 10.1 Å². The molecular formula is C6H2Cl3NO6S2. The van der Waals surface area contributed by atoms with Gasteiger partial charge < -0.3 is 0 Å². The third-order valence-corrected chi connectivity index (χ3v) is 4.92. The molecule has 0 saturated carbocycles. The van der Waals surface area contributed by atoms with Crippen LogP contribution in [0.3, 0.4) is 0 Å². The predicted octanol–water partition coefficient (Wildman–Crippen LogP) is 2.10. The quantitative estimate of drug-likeness (QED) is 0.467. The monoisotopic (exact) mass is 353 g/mol. The Morgan fingerprint density at radius 3 is 1.89 bits per heavy atom. The van der Waals surface area contributed by atoms with Crippen molar-refractivity contribution >= 4 is 56.8 Å². The molecule has 0 atom stereocenters. The van der Waals surface area contributed by atoms with E-state index in [4.69, 9.17) is 33.0 Å². The molecule has 18 heavy (non-hydrogen) atoms. The predicted molar refractivity (Wildman–Crippen MR) is 64.2 cm³/mol. The van der Waals surface area contributed by atoms with Crippen LogP contribution in [0.1, 0.15) is 0 Å². The van der Waals surface area contributed by atoms with Crippen molar-refractivity contribution in [2.75, 3.05) is 0 Å². The molecule has 0 amide bonds. The lowest BCUT2D eigenvalue weighted by atomic mass is 10.3. The average molecular weight is 355 g/mol. The van der Waals surface area contributed by atoms with Crippen LogP contribution in [-0.4, -0.2) is 21.8 Å². The summed E-state index contributed by atoms with van der Waals surface area (Å²) in [6, 6.07) is 1.08. The highest BCUT2D eigenvalue weighted by Gasteiger charge is 2.28. The molecule has 100 valence electrons. The van der Waals surface area contributed by atoms with E-state index in [1.807, 2.05) is 0 Å². The molecule has 0 heterocycles. The van der Waals surface area contributed by atoms with Crippen LogP contribution >= 0.6 is 33.0 Å². The van der Waals surface area contributed by atoms with Crippen LogP contribution in [0.5, 0.6) is 0 Å². The van der Waals surface area contributed by atoms with Gasteiger partial charge in [0, 0.05) is 27.4 Å². The number of hydrogen-bond acceptors (Lipinski definition) is 6. The Labute approximate surface area is 115 Å². The minimum atomic E-state index is -4.46. The van der Waals surface area contributed by atoms with E-state index in [1.165, 1.54) is 0 Å². The van der Waals surface area contributed by atoms with Gasteiger partial charge in [0.25, 0.3) is 23.8 Å². The van der Waals surface area contributed by atoms with E-state index in [0.29, 0.717) is 12.1 Å². The van der Waals surface area contributed by atoms with Gasteiger partial charge in [-0.2, -0.15) is 0 Å². The summed E-state index contributed by atoms with van der Waals surface area (Å²) in [5.74, 6) is 0. The lowest BCUT2D eigenvalue weighted by Gasteiger charge is -2.04. The van der Waals surface area contributed by atoms with Gasteiger partial charge in [0.05, 0.1) is 9.82 Å². The lowest BCUT2D eigenvalue weighted by Crippen LogP contribution is -2.01. The van der Waals surface area contributed by atoms with E-state index in [1.54, 1.807) is 0 Å². The van der Waals surface area contributed by atoms with Crippen molar-refractivity contribution in [2.24, 2.45) is 0 Å². The van der Waals surface area contributed by atoms with Crippen molar-refractivity contribution in [2.45, 2.75) is 9.79 Å². The molecule has 0 aliphatic heterocycles. The minimum absolute atomic E-state index is 0.538. The largest absolute Gasteiger partial charge is 0.290 e. The number of halogens is 3. The van der Waals surface area contributed by atoms with Crippen molar-refractivity contribution in [3.63, 3.8) is 0 Å². The second-order valence-corrected chi connectivity index (χ2v) is 8.37. The fourth-order valence-corrected chi connectivity index (χ4v) is 3.42. The molecule has 0 N–H and O–H groups in total. The molecule has 1 aromatic carbocycles. The summed E-state index contributed by atoms with van der Waals surface area (Å²) >= 11 is 5.47. The summed E-state index contributed by atoms with van der Waals surface area (Å²) in [4.78, 5) is 7.87. The molecule has 1 rings (SSSR count). The zero-order valence-corrected chi connectivity index (χ0v) is 11.9. The maximum atomic E-state index is 11.1. The summed E-state index contributed by atoms with van der Waals surface area (Å²) in [6.07, 6.45) is 0. The molecule has 12 heteroatoms. The Kier molecular flexibility index (Phi) is 4.13. The van der Waals surface area contributed by atoms with Crippen molar-refractivity contribution < 1.29 is 21.8 Å². The molecule has 7 nitrogen and oxygen atoms in total. The summed E-state index contributed by atoms with van der Waals surface area (Å²) < 4.78 is 44.4. The summed E-state index contributed by atoms with van der Waals surface area (Å²) in [7, 11) is 1.14. The van der Waals surface area contributed by atoms with Gasteiger partial charge in [0.15, 0.2) is 0 Å². The number of benzene rings is 1. The maximum absolute atomic E-state index is 11.1. The summed E-state index contributed by atoms with van der Waals surface area (Å²) in [6.45, 7) is 0. The van der Waals surface area contributed by atoms with Gasteiger partial charge in [-0.1, -0.05) is 11.6 Å². The van der Waals surface area contributed by atoms with Crippen LogP contribution in [0, 0.1) is 10.1 Å². The van der Waals surface area contributed by atoms with E-state index in [-0.39, 0.29) is 0 Å². The van der Waals surface area contributed by atoms with Crippen LogP contribution in [0.25, 0.3) is 0 Å². The SMILES string of the molecule is O=[N+]([O-])c1cc(S(=O)(=O)Cl)cc(S(=O)(=O)Cl)c1Cl. The zero-order chi connectivity index (χ0) is 14.3. The summed E-state index contributed by atoms with van der Waals surface area (Å²) in [5, 5.41) is 9.83. The molecule has 0 aliphatic rings. The number of nitro groups is 1. The fourth-order valence-electron chi connectivity index (χ4n) is 1.01. The molecular weight excluding hydrogens is 353 g/mol. The smallest absolute Gasteiger partial charge is 0.258 e. The number of nitro benzene ring substituents is 1. The van der Waals surface area contributed by atoms with E-state index in [9.17, 15) is 26.9 Å². The van der Waals surface area contributed by atoms with Gasteiger partial charge >= 0.3 is 0 Å². The van der Waals surface area contributed by atoms with E-state index < -0.39 is 43.5 Å². The summed E-state index contributed by atoms with van der Waals surface area (Å²) in [5.41, 5.74) is -0.933. The van der Waals surface area contributed by atoms with Gasteiger partial charge in [-0.05, 0) is 6.07 Å². The fraction of sp³-hybridized carbons (Fsp3) is 0. The molecule has 0 bridgehead atoms. The van der Waals surface area contributed by atoms with Gasteiger partial charge in [0.1, 0.15) is 9.92 Å². The van der Waals surface area contributed by atoms with Gasteiger partial charge in [0.2, 0.25) is 0 Å². The second kappa shape index (κ2) is 4.82. The molecule has 1 aromatic rings. The molecule has 0 aromatic heterocycles. The highest BCUT2D eigenvalue weighted by atomic mass is 35.7. The number of nitrogens with zero attached hydrogens (tertiary/aromatic N) is 1. The van der Waals surface area contributed by atoms with Gasteiger partial charge in [-0.15, -0.1) is 0 Å².